The number of hydrogen-bond acceptors (Lipinski definition) is 4. The number of aliphatic hydroxyl groups excluding tert-OH is 1. The molecule has 0 spiro atoms. The van der Waals surface area contributed by atoms with Crippen molar-refractivity contribution in [2.75, 3.05) is 20.3 Å². The topological polar surface area (TPSA) is 62.7 Å². The number of aliphatic hydroxyl groups is 1. The number of nitrogens with zero attached hydrogens (tertiary/aromatic N) is 2. The molecule has 0 unspecified atom stereocenters. The number of ether oxygens (including phenoxy) is 1. The van der Waals surface area contributed by atoms with Crippen LogP contribution >= 0.6 is 0 Å². The fraction of sp³-hybridized carbons (Fsp3) is 0.538. The molecule has 2 heterocycles. The summed E-state index contributed by atoms with van der Waals surface area (Å²) in [7, 11) is 1.47. The lowest BCUT2D eigenvalue weighted by Gasteiger charge is -2.22. The van der Waals surface area contributed by atoms with Crippen LogP contribution < -0.4 is 4.74 Å². The van der Waals surface area contributed by atoms with E-state index in [0.29, 0.717) is 17.1 Å². The lowest BCUT2D eigenvalue weighted by atomic mass is 10.1. The molecular formula is C13H17FN2O3. The third-order valence-electron chi connectivity index (χ3n) is 3.22. The molecule has 6 heteroatoms. The zero-order chi connectivity index (χ0) is 14.0. The highest BCUT2D eigenvalue weighted by atomic mass is 19.1. The maximum absolute atomic E-state index is 13.4. The monoisotopic (exact) mass is 268 g/mol. The molecule has 1 N–H and O–H groups in total. The van der Waals surface area contributed by atoms with Gasteiger partial charge in [-0.2, -0.15) is 0 Å². The Hall–Kier alpha value is -1.69. The number of hydrogen-bond donors (Lipinski definition) is 1. The van der Waals surface area contributed by atoms with Crippen LogP contribution in [0.3, 0.4) is 0 Å². The average molecular weight is 268 g/mol. The highest BCUT2D eigenvalue weighted by Gasteiger charge is 2.35. The molecule has 2 rings (SSSR count). The molecule has 2 atom stereocenters. The van der Waals surface area contributed by atoms with E-state index in [9.17, 15) is 14.3 Å². The van der Waals surface area contributed by atoms with Crippen molar-refractivity contribution in [3.05, 3.63) is 23.4 Å². The number of amides is 1. The van der Waals surface area contributed by atoms with Gasteiger partial charge in [0.25, 0.3) is 5.91 Å². The Balaban J connectivity index is 2.26. The summed E-state index contributed by atoms with van der Waals surface area (Å²) in [4.78, 5) is 17.8. The van der Waals surface area contributed by atoms with E-state index in [1.165, 1.54) is 18.1 Å². The van der Waals surface area contributed by atoms with Gasteiger partial charge in [-0.15, -0.1) is 0 Å². The minimum Gasteiger partial charge on any atom is -0.481 e. The quantitative estimate of drug-likeness (QED) is 0.886. The fourth-order valence-corrected chi connectivity index (χ4v) is 2.31. The number of aromatic nitrogens is 1. The van der Waals surface area contributed by atoms with E-state index in [1.807, 2.05) is 0 Å². The molecule has 1 fully saturated rings. The molecule has 1 aliphatic heterocycles. The van der Waals surface area contributed by atoms with Crippen LogP contribution in [0.1, 0.15) is 22.5 Å². The van der Waals surface area contributed by atoms with Gasteiger partial charge in [-0.3, -0.25) is 4.79 Å². The van der Waals surface area contributed by atoms with Crippen LogP contribution in [0.2, 0.25) is 0 Å². The van der Waals surface area contributed by atoms with Crippen LogP contribution in [-0.2, 0) is 0 Å². The molecule has 0 saturated carbocycles. The summed E-state index contributed by atoms with van der Waals surface area (Å²) in [6.07, 6.45) is -0.894. The second-order valence-electron chi connectivity index (χ2n) is 4.67. The van der Waals surface area contributed by atoms with Crippen LogP contribution in [0.5, 0.6) is 5.88 Å². The third kappa shape index (κ3) is 2.84. The first kappa shape index (κ1) is 13.7. The van der Waals surface area contributed by atoms with E-state index >= 15 is 0 Å². The number of likely N-dealkylation sites (tertiary alicyclic amines) is 1. The minimum atomic E-state index is -1.08. The first-order valence-corrected chi connectivity index (χ1v) is 6.13. The smallest absolute Gasteiger partial charge is 0.254 e. The fourth-order valence-electron chi connectivity index (χ4n) is 2.31. The van der Waals surface area contributed by atoms with E-state index in [0.717, 1.165) is 0 Å². The lowest BCUT2D eigenvalue weighted by Crippen LogP contribution is -2.37. The summed E-state index contributed by atoms with van der Waals surface area (Å²) < 4.78 is 18.4. The lowest BCUT2D eigenvalue weighted by molar-refractivity contribution is 0.0672. The van der Waals surface area contributed by atoms with Gasteiger partial charge in [0, 0.05) is 23.7 Å². The van der Waals surface area contributed by atoms with Gasteiger partial charge < -0.3 is 14.7 Å². The number of methoxy groups -OCH3 is 1. The molecule has 19 heavy (non-hydrogen) atoms. The Kier molecular flexibility index (Phi) is 3.99. The van der Waals surface area contributed by atoms with Gasteiger partial charge in [0.05, 0.1) is 26.3 Å². The van der Waals surface area contributed by atoms with E-state index < -0.39 is 12.2 Å². The van der Waals surface area contributed by atoms with E-state index in [1.54, 1.807) is 13.0 Å². The Bertz CT molecular complexity index is 481. The highest BCUT2D eigenvalue weighted by molar-refractivity contribution is 5.95. The number of alkyl halides is 1. The normalized spacial score (nSPS) is 22.6. The van der Waals surface area contributed by atoms with Gasteiger partial charge in [-0.25, -0.2) is 9.37 Å². The molecule has 1 aliphatic rings. The Labute approximate surface area is 111 Å². The molecule has 104 valence electrons. The van der Waals surface area contributed by atoms with Gasteiger partial charge in [0.2, 0.25) is 5.88 Å². The van der Waals surface area contributed by atoms with Gasteiger partial charge in [-0.05, 0) is 13.0 Å². The maximum atomic E-state index is 13.4. The Morgan fingerprint density at radius 2 is 2.37 bits per heavy atom. The van der Waals surface area contributed by atoms with Crippen molar-refractivity contribution in [1.29, 1.82) is 0 Å². The first-order chi connectivity index (χ1) is 9.05. The van der Waals surface area contributed by atoms with Gasteiger partial charge >= 0.3 is 0 Å². The Morgan fingerprint density at radius 3 is 3.00 bits per heavy atom. The van der Waals surface area contributed by atoms with Crippen molar-refractivity contribution in [3.8, 4) is 5.88 Å². The van der Waals surface area contributed by atoms with Crippen molar-refractivity contribution in [1.82, 2.24) is 9.88 Å². The summed E-state index contributed by atoms with van der Waals surface area (Å²) in [5.41, 5.74) is 1.05. The average Bonchev–Trinajstić information content (AvgIpc) is 2.78. The van der Waals surface area contributed by atoms with Crippen molar-refractivity contribution in [2.45, 2.75) is 25.6 Å². The largest absolute Gasteiger partial charge is 0.481 e. The van der Waals surface area contributed by atoms with Crippen LogP contribution in [0.4, 0.5) is 4.39 Å². The van der Waals surface area contributed by atoms with Crippen LogP contribution in [0.15, 0.2) is 12.1 Å². The summed E-state index contributed by atoms with van der Waals surface area (Å²) >= 11 is 0. The van der Waals surface area contributed by atoms with E-state index in [2.05, 4.69) is 4.98 Å². The van der Waals surface area contributed by atoms with Crippen molar-refractivity contribution >= 4 is 5.91 Å². The minimum absolute atomic E-state index is 0.0216. The molecular weight excluding hydrogens is 251 g/mol. The predicted molar refractivity (Wildman–Crippen MR) is 66.9 cm³/mol. The number of halogens is 1. The number of carbonyl (C=O) groups excluding carboxylic acids is 1. The summed E-state index contributed by atoms with van der Waals surface area (Å²) in [5.74, 6) is 0.0443. The number of aryl methyl sites for hydroxylation is 1. The predicted octanol–water partition coefficient (Wildman–Crippen LogP) is 0.944. The summed E-state index contributed by atoms with van der Waals surface area (Å²) in [6.45, 7) is 1.55. The standard InChI is InChI=1S/C13H17FN2O3/c1-8-3-9(4-12(15-8)19-2)13(18)16-6-10(14)5-11(16)7-17/h3-4,10-11,17H,5-7H2,1-2H3/t10-,11-/m0/s1. The molecule has 5 nitrogen and oxygen atoms in total. The molecule has 1 aromatic rings. The van der Waals surface area contributed by atoms with Gasteiger partial charge in [-0.1, -0.05) is 0 Å². The molecule has 1 aromatic heterocycles. The number of pyridine rings is 1. The van der Waals surface area contributed by atoms with Gasteiger partial charge in [0.1, 0.15) is 6.17 Å². The summed E-state index contributed by atoms with van der Waals surface area (Å²) in [5, 5.41) is 9.21. The van der Waals surface area contributed by atoms with Crippen LogP contribution in [0, 0.1) is 6.92 Å². The third-order valence-corrected chi connectivity index (χ3v) is 3.22. The molecule has 0 aromatic carbocycles. The van der Waals surface area contributed by atoms with E-state index in [4.69, 9.17) is 4.74 Å². The van der Waals surface area contributed by atoms with E-state index in [-0.39, 0.29) is 25.5 Å². The maximum Gasteiger partial charge on any atom is 0.254 e. The molecule has 0 bridgehead atoms. The number of carbonyl (C=O) groups is 1. The van der Waals surface area contributed by atoms with Crippen molar-refractivity contribution in [3.63, 3.8) is 0 Å². The van der Waals surface area contributed by atoms with Crippen LogP contribution in [0.25, 0.3) is 0 Å². The molecule has 0 radical (unpaired) electrons. The van der Waals surface area contributed by atoms with Gasteiger partial charge in [0.15, 0.2) is 0 Å². The first-order valence-electron chi connectivity index (χ1n) is 6.13. The number of rotatable bonds is 3. The van der Waals surface area contributed by atoms with Crippen molar-refractivity contribution < 1.29 is 19.0 Å². The highest BCUT2D eigenvalue weighted by Crippen LogP contribution is 2.23. The Morgan fingerprint density at radius 1 is 1.63 bits per heavy atom. The summed E-state index contributed by atoms with van der Waals surface area (Å²) in [6, 6.07) is 2.70. The zero-order valence-electron chi connectivity index (χ0n) is 11.0. The van der Waals surface area contributed by atoms with Crippen molar-refractivity contribution in [2.24, 2.45) is 0 Å². The second-order valence-corrected chi connectivity index (χ2v) is 4.67. The molecule has 1 amide bonds. The second kappa shape index (κ2) is 5.52. The SMILES string of the molecule is COc1cc(C(=O)N2C[C@@H](F)C[C@H]2CO)cc(C)n1. The van der Waals surface area contributed by atoms with Crippen LogP contribution in [-0.4, -0.2) is 53.4 Å². The molecule has 1 saturated heterocycles. The molecule has 0 aliphatic carbocycles. The zero-order valence-corrected chi connectivity index (χ0v) is 11.0.